The van der Waals surface area contributed by atoms with E-state index in [2.05, 4.69) is 11.0 Å². The molecule has 1 N–H and O–H groups in total. The highest BCUT2D eigenvalue weighted by Crippen LogP contribution is 2.10. The van der Waals surface area contributed by atoms with Crippen LogP contribution in [0.25, 0.3) is 6.08 Å². The fourth-order valence-electron chi connectivity index (χ4n) is 0.654. The maximum Gasteiger partial charge on any atom is 0.372 e. The van der Waals surface area contributed by atoms with Gasteiger partial charge < -0.3 is 9.52 Å². The number of aromatic carboxylic acids is 1. The van der Waals surface area contributed by atoms with Crippen molar-refractivity contribution in [3.05, 3.63) is 30.2 Å². The summed E-state index contributed by atoms with van der Waals surface area (Å²) in [6.45, 7) is 3.42. The van der Waals surface area contributed by atoms with Gasteiger partial charge in [-0.3, -0.25) is 0 Å². The Kier molecular flexibility index (Phi) is 1.58. The zero-order valence-electron chi connectivity index (χ0n) is 5.20. The maximum absolute atomic E-state index is 10.3. The van der Waals surface area contributed by atoms with E-state index in [4.69, 9.17) is 5.11 Å². The van der Waals surface area contributed by atoms with Crippen molar-refractivity contribution in [1.29, 1.82) is 0 Å². The SMILES string of the molecule is C=Cc1ccoc1C(=O)O. The summed E-state index contributed by atoms with van der Waals surface area (Å²) in [5, 5.41) is 8.44. The minimum Gasteiger partial charge on any atom is -0.475 e. The van der Waals surface area contributed by atoms with E-state index in [9.17, 15) is 4.79 Å². The highest BCUT2D eigenvalue weighted by molar-refractivity contribution is 5.88. The number of rotatable bonds is 2. The van der Waals surface area contributed by atoms with Crippen LogP contribution in [0.15, 0.2) is 23.3 Å². The van der Waals surface area contributed by atoms with Gasteiger partial charge in [0, 0.05) is 5.56 Å². The molecule has 0 aliphatic heterocycles. The van der Waals surface area contributed by atoms with Crippen LogP contribution in [-0.4, -0.2) is 11.1 Å². The number of carboxylic acid groups (broad SMARTS) is 1. The van der Waals surface area contributed by atoms with Crippen LogP contribution in [0, 0.1) is 0 Å². The lowest BCUT2D eigenvalue weighted by molar-refractivity contribution is 0.0662. The van der Waals surface area contributed by atoms with Crippen molar-refractivity contribution >= 4 is 12.0 Å². The highest BCUT2D eigenvalue weighted by atomic mass is 16.4. The van der Waals surface area contributed by atoms with Crippen LogP contribution in [0.4, 0.5) is 0 Å². The molecule has 0 fully saturated rings. The number of carbonyl (C=O) groups is 1. The predicted molar refractivity (Wildman–Crippen MR) is 35.8 cm³/mol. The molecule has 1 rings (SSSR count). The van der Waals surface area contributed by atoms with E-state index < -0.39 is 5.97 Å². The molecule has 0 bridgehead atoms. The molecule has 0 unspecified atom stereocenters. The number of furan rings is 1. The molecular formula is C7H6O3. The highest BCUT2D eigenvalue weighted by Gasteiger charge is 2.09. The van der Waals surface area contributed by atoms with E-state index in [1.54, 1.807) is 6.07 Å². The molecule has 0 saturated carbocycles. The topological polar surface area (TPSA) is 50.4 Å². The van der Waals surface area contributed by atoms with Gasteiger partial charge in [-0.2, -0.15) is 0 Å². The Hall–Kier alpha value is -1.51. The second-order valence-corrected chi connectivity index (χ2v) is 1.71. The van der Waals surface area contributed by atoms with Crippen LogP contribution in [0.3, 0.4) is 0 Å². The molecule has 0 aromatic carbocycles. The van der Waals surface area contributed by atoms with Crippen LogP contribution in [0.5, 0.6) is 0 Å². The molecule has 0 aliphatic rings. The molecule has 0 atom stereocenters. The van der Waals surface area contributed by atoms with Crippen molar-refractivity contribution in [1.82, 2.24) is 0 Å². The fourth-order valence-corrected chi connectivity index (χ4v) is 0.654. The quantitative estimate of drug-likeness (QED) is 0.675. The first kappa shape index (κ1) is 6.61. The van der Waals surface area contributed by atoms with Gasteiger partial charge in [0.05, 0.1) is 6.26 Å². The lowest BCUT2D eigenvalue weighted by Crippen LogP contribution is -1.94. The lowest BCUT2D eigenvalue weighted by Gasteiger charge is -1.86. The normalized spacial score (nSPS) is 9.20. The van der Waals surface area contributed by atoms with Gasteiger partial charge in [0.1, 0.15) is 0 Å². The van der Waals surface area contributed by atoms with E-state index >= 15 is 0 Å². The lowest BCUT2D eigenvalue weighted by atomic mass is 10.2. The molecule has 1 aromatic heterocycles. The van der Waals surface area contributed by atoms with Gasteiger partial charge in [-0.1, -0.05) is 12.7 Å². The molecule has 10 heavy (non-hydrogen) atoms. The molecule has 3 nitrogen and oxygen atoms in total. The van der Waals surface area contributed by atoms with Gasteiger partial charge in [0.15, 0.2) is 0 Å². The summed E-state index contributed by atoms with van der Waals surface area (Å²) in [6, 6.07) is 1.55. The smallest absolute Gasteiger partial charge is 0.372 e. The molecule has 0 saturated heterocycles. The van der Waals surface area contributed by atoms with Gasteiger partial charge in [-0.05, 0) is 6.07 Å². The second kappa shape index (κ2) is 2.39. The van der Waals surface area contributed by atoms with E-state index in [1.807, 2.05) is 0 Å². The molecule has 0 amide bonds. The van der Waals surface area contributed by atoms with E-state index in [0.29, 0.717) is 5.56 Å². The second-order valence-electron chi connectivity index (χ2n) is 1.71. The summed E-state index contributed by atoms with van der Waals surface area (Å²) < 4.78 is 4.65. The summed E-state index contributed by atoms with van der Waals surface area (Å²) in [5.74, 6) is -1.13. The third-order valence-corrected chi connectivity index (χ3v) is 1.11. The molecule has 52 valence electrons. The Balaban J connectivity index is 3.13. The molecule has 0 aliphatic carbocycles. The maximum atomic E-state index is 10.3. The van der Waals surface area contributed by atoms with E-state index in [-0.39, 0.29) is 5.76 Å². The Morgan fingerprint density at radius 1 is 1.80 bits per heavy atom. The predicted octanol–water partition coefficient (Wildman–Crippen LogP) is 1.62. The van der Waals surface area contributed by atoms with Crippen molar-refractivity contribution in [2.75, 3.05) is 0 Å². The van der Waals surface area contributed by atoms with Crippen LogP contribution in [0.2, 0.25) is 0 Å². The Bertz CT molecular complexity index is 260. The fraction of sp³-hybridized carbons (Fsp3) is 0. The van der Waals surface area contributed by atoms with Crippen LogP contribution in [0.1, 0.15) is 16.1 Å². The first-order chi connectivity index (χ1) is 4.75. The minimum absolute atomic E-state index is 0.0602. The summed E-state index contributed by atoms with van der Waals surface area (Å²) in [5.41, 5.74) is 0.507. The van der Waals surface area contributed by atoms with Crippen molar-refractivity contribution in [3.8, 4) is 0 Å². The van der Waals surface area contributed by atoms with Crippen LogP contribution < -0.4 is 0 Å². The van der Waals surface area contributed by atoms with Crippen LogP contribution >= 0.6 is 0 Å². The molecule has 0 radical (unpaired) electrons. The Morgan fingerprint density at radius 3 is 2.90 bits per heavy atom. The van der Waals surface area contributed by atoms with Crippen molar-refractivity contribution < 1.29 is 14.3 Å². The number of carboxylic acids is 1. The van der Waals surface area contributed by atoms with Gasteiger partial charge in [-0.15, -0.1) is 0 Å². The van der Waals surface area contributed by atoms with Crippen molar-refractivity contribution in [2.45, 2.75) is 0 Å². The standard InChI is InChI=1S/C7H6O3/c1-2-5-3-4-10-6(5)7(8)9/h2-4H,1H2,(H,8,9). The first-order valence-electron chi connectivity index (χ1n) is 2.69. The van der Waals surface area contributed by atoms with Gasteiger partial charge >= 0.3 is 5.97 Å². The molecular weight excluding hydrogens is 132 g/mol. The average Bonchev–Trinajstić information content (AvgIpc) is 2.33. The molecule has 1 heterocycles. The molecule has 3 heteroatoms. The van der Waals surface area contributed by atoms with Crippen molar-refractivity contribution in [3.63, 3.8) is 0 Å². The Morgan fingerprint density at radius 2 is 2.50 bits per heavy atom. The first-order valence-corrected chi connectivity index (χ1v) is 2.69. The third-order valence-electron chi connectivity index (χ3n) is 1.11. The van der Waals surface area contributed by atoms with Crippen LogP contribution in [-0.2, 0) is 0 Å². The number of hydrogen-bond acceptors (Lipinski definition) is 2. The summed E-state index contributed by atoms with van der Waals surface area (Å²) in [4.78, 5) is 10.3. The van der Waals surface area contributed by atoms with E-state index in [1.165, 1.54) is 12.3 Å². The summed E-state index contributed by atoms with van der Waals surface area (Å²) >= 11 is 0. The third kappa shape index (κ3) is 0.932. The van der Waals surface area contributed by atoms with Gasteiger partial charge in [-0.25, -0.2) is 4.79 Å². The van der Waals surface area contributed by atoms with Gasteiger partial charge in [0.25, 0.3) is 0 Å². The molecule has 0 spiro atoms. The summed E-state index contributed by atoms with van der Waals surface area (Å²) in [7, 11) is 0. The monoisotopic (exact) mass is 138 g/mol. The zero-order chi connectivity index (χ0) is 7.56. The van der Waals surface area contributed by atoms with Gasteiger partial charge in [0.2, 0.25) is 5.76 Å². The molecule has 1 aromatic rings. The average molecular weight is 138 g/mol. The summed E-state index contributed by atoms with van der Waals surface area (Å²) in [6.07, 6.45) is 2.76. The Labute approximate surface area is 57.6 Å². The largest absolute Gasteiger partial charge is 0.475 e. The van der Waals surface area contributed by atoms with Crippen molar-refractivity contribution in [2.24, 2.45) is 0 Å². The number of hydrogen-bond donors (Lipinski definition) is 1. The zero-order valence-corrected chi connectivity index (χ0v) is 5.20. The van der Waals surface area contributed by atoms with E-state index in [0.717, 1.165) is 0 Å². The minimum atomic E-state index is -1.07.